The Morgan fingerprint density at radius 3 is 2.28 bits per heavy atom. The summed E-state index contributed by atoms with van der Waals surface area (Å²) in [6.07, 6.45) is 2.45. The van der Waals surface area contributed by atoms with Crippen LogP contribution in [0.1, 0.15) is 30.9 Å². The Balaban J connectivity index is 1.50. The number of halogens is 1. The van der Waals surface area contributed by atoms with Crippen molar-refractivity contribution in [3.8, 4) is 11.1 Å². The first-order chi connectivity index (χ1) is 17.4. The normalized spacial score (nSPS) is 11.3. The molecule has 3 N–H and O–H groups in total. The monoisotopic (exact) mass is 492 g/mol. The van der Waals surface area contributed by atoms with E-state index in [1.165, 1.54) is 19.2 Å². The molecule has 0 saturated carbocycles. The summed E-state index contributed by atoms with van der Waals surface area (Å²) in [6.45, 7) is 0.365. The smallest absolute Gasteiger partial charge is 0.307 e. The van der Waals surface area contributed by atoms with Crippen LogP contribution < -0.4 is 16.0 Å². The molecule has 0 spiro atoms. The van der Waals surface area contributed by atoms with Crippen LogP contribution in [0.4, 0.5) is 10.2 Å². The number of nitrogens with zero attached hydrogens (tertiary/aromatic N) is 1. The van der Waals surface area contributed by atoms with E-state index < -0.39 is 17.9 Å². The van der Waals surface area contributed by atoms with Crippen molar-refractivity contribution in [1.29, 1.82) is 0 Å². The second-order valence-electron chi connectivity index (χ2n) is 8.05. The number of methoxy groups -OCH3 is 1. The van der Waals surface area contributed by atoms with E-state index in [1.807, 2.05) is 30.3 Å². The summed E-state index contributed by atoms with van der Waals surface area (Å²) in [5.41, 5.74) is 2.41. The topological polar surface area (TPSA) is 109 Å². The van der Waals surface area contributed by atoms with Gasteiger partial charge >= 0.3 is 5.97 Å². The van der Waals surface area contributed by atoms with E-state index in [0.29, 0.717) is 18.5 Å². The molecular formula is C27H29FN4O4. The third-order valence-corrected chi connectivity index (χ3v) is 5.42. The maximum Gasteiger partial charge on any atom is 0.307 e. The molecule has 188 valence electrons. The van der Waals surface area contributed by atoms with E-state index in [0.717, 1.165) is 16.9 Å². The maximum absolute atomic E-state index is 13.2. The number of amides is 2. The van der Waals surface area contributed by atoms with Gasteiger partial charge in [0.1, 0.15) is 11.6 Å². The van der Waals surface area contributed by atoms with Crippen LogP contribution >= 0.6 is 0 Å². The number of hydrogen-bond donors (Lipinski definition) is 3. The molecule has 2 amide bonds. The number of carbonyl (C=O) groups excluding carboxylic acids is 3. The van der Waals surface area contributed by atoms with E-state index in [9.17, 15) is 18.8 Å². The average Bonchev–Trinajstić information content (AvgIpc) is 2.90. The Morgan fingerprint density at radius 1 is 0.944 bits per heavy atom. The number of carbonyl (C=O) groups is 3. The van der Waals surface area contributed by atoms with Crippen molar-refractivity contribution >= 4 is 23.6 Å². The van der Waals surface area contributed by atoms with Gasteiger partial charge in [0, 0.05) is 19.2 Å². The highest BCUT2D eigenvalue weighted by molar-refractivity contribution is 5.85. The minimum atomic E-state index is -0.633. The SMILES string of the molecule is COC(=O)CC(NC(=O)CNC(=O)CCCNc1ccccn1)c1ccc(-c2ccc(F)cc2)cc1. The summed E-state index contributed by atoms with van der Waals surface area (Å²) in [4.78, 5) is 40.7. The fourth-order valence-corrected chi connectivity index (χ4v) is 3.50. The summed E-state index contributed by atoms with van der Waals surface area (Å²) in [6, 6.07) is 18.3. The molecule has 2 aromatic carbocycles. The number of benzene rings is 2. The van der Waals surface area contributed by atoms with Gasteiger partial charge in [-0.1, -0.05) is 42.5 Å². The minimum absolute atomic E-state index is 0.0642. The van der Waals surface area contributed by atoms with Gasteiger partial charge in [0.2, 0.25) is 11.8 Å². The molecule has 0 aliphatic carbocycles. The van der Waals surface area contributed by atoms with Gasteiger partial charge in [0.25, 0.3) is 0 Å². The first-order valence-corrected chi connectivity index (χ1v) is 11.6. The van der Waals surface area contributed by atoms with E-state index in [-0.39, 0.29) is 31.1 Å². The largest absolute Gasteiger partial charge is 0.469 e. The minimum Gasteiger partial charge on any atom is -0.469 e. The van der Waals surface area contributed by atoms with E-state index in [2.05, 4.69) is 20.9 Å². The van der Waals surface area contributed by atoms with Crippen molar-refractivity contribution in [2.45, 2.75) is 25.3 Å². The van der Waals surface area contributed by atoms with Gasteiger partial charge in [-0.2, -0.15) is 0 Å². The standard InChI is InChI=1S/C27H29FN4O4/c1-36-27(35)17-23(21-9-7-19(8-10-21)20-11-13-22(28)14-12-20)32-26(34)18-31-25(33)6-4-16-30-24-5-2-3-15-29-24/h2-3,5,7-15,23H,4,6,16-18H2,1H3,(H,29,30)(H,31,33)(H,32,34). The lowest BCUT2D eigenvalue weighted by atomic mass is 9.99. The highest BCUT2D eigenvalue weighted by atomic mass is 19.1. The summed E-state index contributed by atoms with van der Waals surface area (Å²) in [5.74, 6) is -0.732. The summed E-state index contributed by atoms with van der Waals surface area (Å²) < 4.78 is 18.0. The summed E-state index contributed by atoms with van der Waals surface area (Å²) >= 11 is 0. The number of ether oxygens (including phenoxy) is 1. The number of esters is 1. The second kappa shape index (κ2) is 13.6. The van der Waals surface area contributed by atoms with Gasteiger partial charge in [-0.05, 0) is 47.4 Å². The third kappa shape index (κ3) is 8.50. The molecule has 0 aliphatic heterocycles. The van der Waals surface area contributed by atoms with Crippen molar-refractivity contribution < 1.29 is 23.5 Å². The van der Waals surface area contributed by atoms with Crippen LogP contribution in [0.2, 0.25) is 0 Å². The van der Waals surface area contributed by atoms with Crippen molar-refractivity contribution in [2.24, 2.45) is 0 Å². The van der Waals surface area contributed by atoms with E-state index in [4.69, 9.17) is 4.74 Å². The van der Waals surface area contributed by atoms with E-state index >= 15 is 0 Å². The zero-order chi connectivity index (χ0) is 25.8. The number of pyridine rings is 1. The lowest BCUT2D eigenvalue weighted by Crippen LogP contribution is -2.39. The van der Waals surface area contributed by atoms with Crippen LogP contribution in [0.5, 0.6) is 0 Å². The molecule has 3 rings (SSSR count). The van der Waals surface area contributed by atoms with Crippen molar-refractivity contribution in [2.75, 3.05) is 25.5 Å². The predicted octanol–water partition coefficient (Wildman–Crippen LogP) is 3.62. The predicted molar refractivity (Wildman–Crippen MR) is 134 cm³/mol. The van der Waals surface area contributed by atoms with Crippen LogP contribution in [0, 0.1) is 5.82 Å². The average molecular weight is 493 g/mol. The van der Waals surface area contributed by atoms with Crippen LogP contribution in [0.25, 0.3) is 11.1 Å². The lowest BCUT2D eigenvalue weighted by Gasteiger charge is -2.19. The number of aromatic nitrogens is 1. The number of anilines is 1. The molecule has 0 bridgehead atoms. The summed E-state index contributed by atoms with van der Waals surface area (Å²) in [5, 5.41) is 8.50. The number of rotatable bonds is 12. The van der Waals surface area contributed by atoms with Gasteiger partial charge < -0.3 is 20.7 Å². The molecule has 0 fully saturated rings. The second-order valence-corrected chi connectivity index (χ2v) is 8.05. The molecule has 1 unspecified atom stereocenters. The van der Waals surface area contributed by atoms with Crippen molar-refractivity contribution in [1.82, 2.24) is 15.6 Å². The zero-order valence-electron chi connectivity index (χ0n) is 20.0. The Labute approximate surface area is 209 Å². The maximum atomic E-state index is 13.2. The fourth-order valence-electron chi connectivity index (χ4n) is 3.50. The van der Waals surface area contributed by atoms with Gasteiger partial charge in [-0.3, -0.25) is 14.4 Å². The van der Waals surface area contributed by atoms with Crippen LogP contribution in [-0.4, -0.2) is 43.0 Å². The zero-order valence-corrected chi connectivity index (χ0v) is 20.0. The van der Waals surface area contributed by atoms with Gasteiger partial charge in [-0.25, -0.2) is 9.37 Å². The van der Waals surface area contributed by atoms with Gasteiger partial charge in [0.05, 0.1) is 26.1 Å². The molecule has 36 heavy (non-hydrogen) atoms. The van der Waals surface area contributed by atoms with Crippen LogP contribution in [-0.2, 0) is 19.1 Å². The molecule has 1 atom stereocenters. The molecule has 1 heterocycles. The summed E-state index contributed by atoms with van der Waals surface area (Å²) in [7, 11) is 1.28. The highest BCUT2D eigenvalue weighted by Gasteiger charge is 2.19. The molecule has 8 nitrogen and oxygen atoms in total. The first-order valence-electron chi connectivity index (χ1n) is 11.6. The third-order valence-electron chi connectivity index (χ3n) is 5.42. The van der Waals surface area contributed by atoms with E-state index in [1.54, 1.807) is 30.5 Å². The van der Waals surface area contributed by atoms with Crippen LogP contribution in [0.3, 0.4) is 0 Å². The van der Waals surface area contributed by atoms with Crippen LogP contribution in [0.15, 0.2) is 72.9 Å². The van der Waals surface area contributed by atoms with Gasteiger partial charge in [-0.15, -0.1) is 0 Å². The Kier molecular flexibility index (Phi) is 9.93. The number of nitrogens with one attached hydrogen (secondary N) is 3. The Hall–Kier alpha value is -4.27. The Morgan fingerprint density at radius 2 is 1.64 bits per heavy atom. The molecule has 9 heteroatoms. The number of hydrogen-bond acceptors (Lipinski definition) is 6. The molecule has 3 aromatic rings. The van der Waals surface area contributed by atoms with Crippen molar-refractivity contribution in [3.63, 3.8) is 0 Å². The van der Waals surface area contributed by atoms with Gasteiger partial charge in [0.15, 0.2) is 0 Å². The highest BCUT2D eigenvalue weighted by Crippen LogP contribution is 2.24. The molecule has 1 aromatic heterocycles. The molecule has 0 aliphatic rings. The first kappa shape index (κ1) is 26.3. The quantitative estimate of drug-likeness (QED) is 0.263. The fraction of sp³-hybridized carbons (Fsp3) is 0.259. The molecular weight excluding hydrogens is 463 g/mol. The van der Waals surface area contributed by atoms with Crippen molar-refractivity contribution in [3.05, 3.63) is 84.3 Å². The molecule has 0 radical (unpaired) electrons. The Bertz CT molecular complexity index is 1140. The molecule has 0 saturated heterocycles. The lowest BCUT2D eigenvalue weighted by molar-refractivity contribution is -0.141.